The second kappa shape index (κ2) is 7.75. The number of anilines is 1. The smallest absolute Gasteiger partial charge is 0.289 e. The fraction of sp³-hybridized carbons (Fsp3) is 0.444. The van der Waals surface area contributed by atoms with Crippen molar-refractivity contribution in [2.45, 2.75) is 0 Å². The van der Waals surface area contributed by atoms with Crippen LogP contribution in [-0.4, -0.2) is 84.1 Å². The standard InChI is InChI=1S/C18H21N5O4/c24-16(14-3-4-19-18(20-14)23-9-12-26-13-10-23)21-5-7-22(8-6-21)17(25)15-2-1-11-27-15/h1-4,11H,5-10,12-13H2. The molecular formula is C18H21N5O4. The number of rotatable bonds is 3. The average Bonchev–Trinajstić information content (AvgIpc) is 3.28. The number of piperazine rings is 1. The van der Waals surface area contributed by atoms with Crippen molar-refractivity contribution in [1.29, 1.82) is 0 Å². The molecule has 2 aliphatic rings. The number of morpholine rings is 1. The van der Waals surface area contributed by atoms with Crippen LogP contribution in [0.3, 0.4) is 0 Å². The summed E-state index contributed by atoms with van der Waals surface area (Å²) in [5.41, 5.74) is 0.373. The van der Waals surface area contributed by atoms with Gasteiger partial charge < -0.3 is 23.9 Å². The number of hydrogen-bond donors (Lipinski definition) is 0. The van der Waals surface area contributed by atoms with E-state index in [1.54, 1.807) is 34.2 Å². The number of aromatic nitrogens is 2. The fourth-order valence-electron chi connectivity index (χ4n) is 3.21. The van der Waals surface area contributed by atoms with Crippen LogP contribution in [0, 0.1) is 0 Å². The average molecular weight is 371 g/mol. The van der Waals surface area contributed by atoms with E-state index in [9.17, 15) is 9.59 Å². The molecule has 0 aliphatic carbocycles. The van der Waals surface area contributed by atoms with Crippen molar-refractivity contribution in [2.24, 2.45) is 0 Å². The van der Waals surface area contributed by atoms with Crippen molar-refractivity contribution in [3.8, 4) is 0 Å². The van der Waals surface area contributed by atoms with Gasteiger partial charge in [-0.25, -0.2) is 9.97 Å². The quantitative estimate of drug-likeness (QED) is 0.776. The molecule has 2 aromatic rings. The summed E-state index contributed by atoms with van der Waals surface area (Å²) in [6, 6.07) is 4.97. The molecule has 0 radical (unpaired) electrons. The van der Waals surface area contributed by atoms with Crippen molar-refractivity contribution in [2.75, 3.05) is 57.4 Å². The Labute approximate surface area is 156 Å². The first-order chi connectivity index (χ1) is 13.2. The number of carbonyl (C=O) groups excluding carboxylic acids is 2. The van der Waals surface area contributed by atoms with Crippen LogP contribution in [0.1, 0.15) is 21.0 Å². The third kappa shape index (κ3) is 3.77. The normalized spacial score (nSPS) is 17.9. The molecule has 142 valence electrons. The molecule has 0 bridgehead atoms. The van der Waals surface area contributed by atoms with E-state index in [1.165, 1.54) is 6.26 Å². The maximum absolute atomic E-state index is 12.8. The zero-order valence-electron chi connectivity index (χ0n) is 14.9. The van der Waals surface area contributed by atoms with Crippen molar-refractivity contribution in [3.05, 3.63) is 42.1 Å². The summed E-state index contributed by atoms with van der Waals surface area (Å²) in [5, 5.41) is 0. The van der Waals surface area contributed by atoms with Gasteiger partial charge in [-0.2, -0.15) is 0 Å². The largest absolute Gasteiger partial charge is 0.459 e. The summed E-state index contributed by atoms with van der Waals surface area (Å²) in [6.45, 7) is 4.54. The molecular weight excluding hydrogens is 350 g/mol. The number of carbonyl (C=O) groups is 2. The van der Waals surface area contributed by atoms with Gasteiger partial charge in [0, 0.05) is 45.5 Å². The zero-order chi connectivity index (χ0) is 18.6. The minimum atomic E-state index is -0.149. The van der Waals surface area contributed by atoms with Crippen molar-refractivity contribution in [3.63, 3.8) is 0 Å². The Morgan fingerprint density at radius 3 is 2.30 bits per heavy atom. The van der Waals surface area contributed by atoms with E-state index in [4.69, 9.17) is 9.15 Å². The van der Waals surface area contributed by atoms with Crippen molar-refractivity contribution < 1.29 is 18.7 Å². The van der Waals surface area contributed by atoms with Gasteiger partial charge in [0.25, 0.3) is 11.8 Å². The van der Waals surface area contributed by atoms with E-state index >= 15 is 0 Å². The molecule has 27 heavy (non-hydrogen) atoms. The van der Waals surface area contributed by atoms with E-state index < -0.39 is 0 Å². The molecule has 0 aromatic carbocycles. The highest BCUT2D eigenvalue weighted by molar-refractivity contribution is 5.93. The highest BCUT2D eigenvalue weighted by Gasteiger charge is 2.27. The van der Waals surface area contributed by atoms with Crippen LogP contribution >= 0.6 is 0 Å². The van der Waals surface area contributed by atoms with Gasteiger partial charge in [0.05, 0.1) is 19.5 Å². The highest BCUT2D eigenvalue weighted by Crippen LogP contribution is 2.14. The number of amides is 2. The molecule has 2 amide bonds. The second-order valence-electron chi connectivity index (χ2n) is 6.40. The Bertz CT molecular complexity index is 796. The Morgan fingerprint density at radius 1 is 0.926 bits per heavy atom. The molecule has 4 rings (SSSR count). The first-order valence-corrected chi connectivity index (χ1v) is 9.00. The van der Waals surface area contributed by atoms with Gasteiger partial charge in [0.15, 0.2) is 5.76 Å². The minimum Gasteiger partial charge on any atom is -0.459 e. The van der Waals surface area contributed by atoms with Crippen molar-refractivity contribution in [1.82, 2.24) is 19.8 Å². The molecule has 9 nitrogen and oxygen atoms in total. The molecule has 2 fully saturated rings. The predicted octanol–water partition coefficient (Wildman–Crippen LogP) is 0.504. The van der Waals surface area contributed by atoms with E-state index in [0.29, 0.717) is 69.9 Å². The Hall–Kier alpha value is -2.94. The number of ether oxygens (including phenoxy) is 1. The number of hydrogen-bond acceptors (Lipinski definition) is 7. The van der Waals surface area contributed by atoms with E-state index in [0.717, 1.165) is 0 Å². The summed E-state index contributed by atoms with van der Waals surface area (Å²) in [6.07, 6.45) is 3.09. The molecule has 0 atom stereocenters. The van der Waals surface area contributed by atoms with Gasteiger partial charge >= 0.3 is 0 Å². The number of furan rings is 1. The minimum absolute atomic E-state index is 0.142. The summed E-state index contributed by atoms with van der Waals surface area (Å²) in [7, 11) is 0. The zero-order valence-corrected chi connectivity index (χ0v) is 14.9. The van der Waals surface area contributed by atoms with Gasteiger partial charge in [0.2, 0.25) is 5.95 Å². The van der Waals surface area contributed by atoms with E-state index in [1.807, 2.05) is 4.90 Å². The van der Waals surface area contributed by atoms with Crippen molar-refractivity contribution >= 4 is 17.8 Å². The van der Waals surface area contributed by atoms with Gasteiger partial charge in [0.1, 0.15) is 5.69 Å². The highest BCUT2D eigenvalue weighted by atomic mass is 16.5. The first-order valence-electron chi connectivity index (χ1n) is 9.00. The number of nitrogens with zero attached hydrogens (tertiary/aromatic N) is 5. The monoisotopic (exact) mass is 371 g/mol. The summed E-state index contributed by atoms with van der Waals surface area (Å²) >= 11 is 0. The molecule has 2 saturated heterocycles. The maximum atomic E-state index is 12.8. The lowest BCUT2D eigenvalue weighted by Crippen LogP contribution is -2.50. The van der Waals surface area contributed by atoms with Crippen LogP contribution in [0.2, 0.25) is 0 Å². The molecule has 2 aliphatic heterocycles. The van der Waals surface area contributed by atoms with Gasteiger partial charge in [-0.3, -0.25) is 9.59 Å². The summed E-state index contributed by atoms with van der Waals surface area (Å²) in [4.78, 5) is 39.3. The Kier molecular flexibility index (Phi) is 5.01. The molecule has 0 spiro atoms. The third-order valence-electron chi connectivity index (χ3n) is 4.74. The molecule has 9 heteroatoms. The topological polar surface area (TPSA) is 92.0 Å². The molecule has 0 N–H and O–H groups in total. The van der Waals surface area contributed by atoms with Gasteiger partial charge in [-0.1, -0.05) is 0 Å². The van der Waals surface area contributed by atoms with Crippen LogP contribution < -0.4 is 4.90 Å². The first kappa shape index (κ1) is 17.5. The summed E-state index contributed by atoms with van der Waals surface area (Å²) in [5.74, 6) is 0.581. The van der Waals surface area contributed by atoms with Gasteiger partial charge in [-0.05, 0) is 18.2 Å². The fourth-order valence-corrected chi connectivity index (χ4v) is 3.21. The van der Waals surface area contributed by atoms with E-state index in [2.05, 4.69) is 9.97 Å². The van der Waals surface area contributed by atoms with Crippen LogP contribution in [0.25, 0.3) is 0 Å². The summed E-state index contributed by atoms with van der Waals surface area (Å²) < 4.78 is 10.5. The van der Waals surface area contributed by atoms with E-state index in [-0.39, 0.29) is 11.8 Å². The second-order valence-corrected chi connectivity index (χ2v) is 6.40. The predicted molar refractivity (Wildman–Crippen MR) is 95.6 cm³/mol. The molecule has 0 unspecified atom stereocenters. The lowest BCUT2D eigenvalue weighted by atomic mass is 10.2. The Morgan fingerprint density at radius 2 is 1.63 bits per heavy atom. The molecule has 2 aromatic heterocycles. The van der Waals surface area contributed by atoms with Crippen LogP contribution in [0.5, 0.6) is 0 Å². The molecule has 4 heterocycles. The third-order valence-corrected chi connectivity index (χ3v) is 4.74. The van der Waals surface area contributed by atoms with Crippen LogP contribution in [0.15, 0.2) is 35.1 Å². The lowest BCUT2D eigenvalue weighted by Gasteiger charge is -2.34. The van der Waals surface area contributed by atoms with Gasteiger partial charge in [-0.15, -0.1) is 0 Å². The SMILES string of the molecule is O=C(c1ccnc(N2CCOCC2)n1)N1CCN(C(=O)c2ccco2)CC1. The van der Waals surface area contributed by atoms with Crippen LogP contribution in [-0.2, 0) is 4.74 Å². The molecule has 0 saturated carbocycles. The Balaban J connectivity index is 1.38. The van der Waals surface area contributed by atoms with Crippen LogP contribution in [0.4, 0.5) is 5.95 Å². The maximum Gasteiger partial charge on any atom is 0.289 e. The lowest BCUT2D eigenvalue weighted by molar-refractivity contribution is 0.0515.